The number of fused-ring (bicyclic) bond motifs is 2. The van der Waals surface area contributed by atoms with E-state index in [2.05, 4.69) is 10.3 Å². The number of aromatic nitrogens is 1. The zero-order valence-electron chi connectivity index (χ0n) is 14.2. The van der Waals surface area contributed by atoms with Crippen LogP contribution in [0.5, 0.6) is 5.75 Å². The molecule has 1 aliphatic carbocycles. The van der Waals surface area contributed by atoms with E-state index in [4.69, 9.17) is 10.5 Å². The Morgan fingerprint density at radius 3 is 2.84 bits per heavy atom. The number of pyridine rings is 1. The first kappa shape index (κ1) is 16.1. The van der Waals surface area contributed by atoms with Gasteiger partial charge in [-0.1, -0.05) is 19.3 Å². The number of benzene rings is 1. The minimum Gasteiger partial charge on any atom is -0.497 e. The predicted octanol–water partition coefficient (Wildman–Crippen LogP) is 4.10. The van der Waals surface area contributed by atoms with Crippen molar-refractivity contribution in [2.75, 3.05) is 12.8 Å². The van der Waals surface area contributed by atoms with Crippen LogP contribution in [0, 0.1) is 0 Å². The summed E-state index contributed by atoms with van der Waals surface area (Å²) in [5.74, 6) is 0.701. The van der Waals surface area contributed by atoms with E-state index in [1.54, 1.807) is 7.11 Å². The van der Waals surface area contributed by atoms with E-state index in [0.29, 0.717) is 10.6 Å². The van der Waals surface area contributed by atoms with E-state index in [1.807, 2.05) is 24.3 Å². The molecule has 5 nitrogen and oxygen atoms in total. The molecule has 1 aliphatic rings. The quantitative estimate of drug-likeness (QED) is 0.741. The Hall–Kier alpha value is -2.34. The van der Waals surface area contributed by atoms with Gasteiger partial charge < -0.3 is 15.8 Å². The Kier molecular flexibility index (Phi) is 4.21. The maximum Gasteiger partial charge on any atom is 0.263 e. The van der Waals surface area contributed by atoms with Gasteiger partial charge >= 0.3 is 0 Å². The molecule has 2 heterocycles. The van der Waals surface area contributed by atoms with Gasteiger partial charge in [-0.25, -0.2) is 4.98 Å². The average Bonchev–Trinajstić information content (AvgIpc) is 2.96. The average molecular weight is 355 g/mol. The first-order valence-corrected chi connectivity index (χ1v) is 9.45. The number of carbonyl (C=O) groups excluding carboxylic acids is 1. The van der Waals surface area contributed by atoms with Crippen molar-refractivity contribution in [3.8, 4) is 5.75 Å². The van der Waals surface area contributed by atoms with Crippen molar-refractivity contribution in [1.82, 2.24) is 10.3 Å². The number of carbonyl (C=O) groups is 1. The highest BCUT2D eigenvalue weighted by Crippen LogP contribution is 2.35. The summed E-state index contributed by atoms with van der Waals surface area (Å²) >= 11 is 1.37. The summed E-state index contributed by atoms with van der Waals surface area (Å²) < 4.78 is 5.27. The number of rotatable bonds is 3. The smallest absolute Gasteiger partial charge is 0.263 e. The first-order chi connectivity index (χ1) is 12.2. The third-order valence-corrected chi connectivity index (χ3v) is 5.98. The minimum atomic E-state index is -0.0750. The number of amides is 1. The first-order valence-electron chi connectivity index (χ1n) is 8.63. The molecule has 0 aliphatic heterocycles. The molecule has 1 amide bonds. The van der Waals surface area contributed by atoms with Crippen molar-refractivity contribution in [2.24, 2.45) is 0 Å². The number of nitrogens with two attached hydrogens (primary N) is 1. The van der Waals surface area contributed by atoms with Crippen LogP contribution in [0.2, 0.25) is 0 Å². The fraction of sp³-hybridized carbons (Fsp3) is 0.368. The van der Waals surface area contributed by atoms with E-state index < -0.39 is 0 Å². The van der Waals surface area contributed by atoms with Gasteiger partial charge in [0.25, 0.3) is 5.91 Å². The van der Waals surface area contributed by atoms with Crippen molar-refractivity contribution >= 4 is 44.1 Å². The van der Waals surface area contributed by atoms with E-state index in [1.165, 1.54) is 30.6 Å². The fourth-order valence-electron chi connectivity index (χ4n) is 3.48. The number of anilines is 1. The van der Waals surface area contributed by atoms with Crippen molar-refractivity contribution in [3.05, 3.63) is 29.1 Å². The molecule has 1 aromatic carbocycles. The van der Waals surface area contributed by atoms with Crippen LogP contribution < -0.4 is 15.8 Å². The van der Waals surface area contributed by atoms with Crippen LogP contribution in [0.4, 0.5) is 5.69 Å². The van der Waals surface area contributed by atoms with Crippen LogP contribution in [0.3, 0.4) is 0 Å². The molecule has 1 saturated carbocycles. The molecule has 4 rings (SSSR count). The third-order valence-electron chi connectivity index (χ3n) is 4.87. The second-order valence-corrected chi connectivity index (χ2v) is 7.55. The molecule has 0 bridgehead atoms. The summed E-state index contributed by atoms with van der Waals surface area (Å²) in [6, 6.07) is 7.99. The topological polar surface area (TPSA) is 77.2 Å². The summed E-state index contributed by atoms with van der Waals surface area (Å²) in [7, 11) is 1.64. The molecule has 0 spiro atoms. The van der Waals surface area contributed by atoms with Crippen molar-refractivity contribution in [1.29, 1.82) is 0 Å². The summed E-state index contributed by atoms with van der Waals surface area (Å²) in [5.41, 5.74) is 7.67. The third kappa shape index (κ3) is 3.02. The monoisotopic (exact) mass is 355 g/mol. The van der Waals surface area contributed by atoms with Gasteiger partial charge in [-0.15, -0.1) is 11.3 Å². The highest BCUT2D eigenvalue weighted by molar-refractivity contribution is 7.21. The van der Waals surface area contributed by atoms with Crippen molar-refractivity contribution in [2.45, 2.75) is 38.1 Å². The molecule has 0 unspecified atom stereocenters. The molecule has 25 heavy (non-hydrogen) atoms. The molecular formula is C19H21N3O2S. The van der Waals surface area contributed by atoms with Crippen LogP contribution in [-0.2, 0) is 0 Å². The lowest BCUT2D eigenvalue weighted by Crippen LogP contribution is -2.36. The Morgan fingerprint density at radius 2 is 2.08 bits per heavy atom. The second kappa shape index (κ2) is 6.52. The van der Waals surface area contributed by atoms with Crippen LogP contribution in [-0.4, -0.2) is 24.0 Å². The van der Waals surface area contributed by atoms with E-state index in [0.717, 1.165) is 39.7 Å². The zero-order valence-corrected chi connectivity index (χ0v) is 15.0. The second-order valence-electron chi connectivity index (χ2n) is 6.55. The molecule has 3 N–H and O–H groups in total. The van der Waals surface area contributed by atoms with Gasteiger partial charge in [0, 0.05) is 16.8 Å². The molecule has 2 aromatic heterocycles. The number of nitrogens with zero attached hydrogens (tertiary/aromatic N) is 1. The number of hydrogen-bond donors (Lipinski definition) is 2. The molecule has 3 aromatic rings. The lowest BCUT2D eigenvalue weighted by molar-refractivity contribution is 0.0932. The standard InChI is InChI=1S/C19H21N3O2S/c1-24-13-7-8-15-11(9-13)10-14-16(20)17(25-19(14)22-15)18(23)21-12-5-3-2-4-6-12/h7-10,12H,2-6,20H2,1H3,(H,21,23). The zero-order chi connectivity index (χ0) is 17.4. The van der Waals surface area contributed by atoms with Gasteiger partial charge in [0.2, 0.25) is 0 Å². The molecule has 6 heteroatoms. The fourth-order valence-corrected chi connectivity index (χ4v) is 4.46. The number of hydrogen-bond acceptors (Lipinski definition) is 5. The lowest BCUT2D eigenvalue weighted by Gasteiger charge is -2.22. The normalized spacial score (nSPS) is 15.6. The summed E-state index contributed by atoms with van der Waals surface area (Å²) in [5, 5.41) is 4.93. The number of thiophene rings is 1. The molecule has 0 radical (unpaired) electrons. The van der Waals surface area contributed by atoms with E-state index >= 15 is 0 Å². The Balaban J connectivity index is 1.70. The van der Waals surface area contributed by atoms with Crippen molar-refractivity contribution in [3.63, 3.8) is 0 Å². The molecule has 1 fully saturated rings. The number of nitrogen functional groups attached to an aromatic ring is 1. The SMILES string of the molecule is COc1ccc2nc3sc(C(=O)NC4CCCCC4)c(N)c3cc2c1. The maximum absolute atomic E-state index is 12.7. The summed E-state index contributed by atoms with van der Waals surface area (Å²) in [4.78, 5) is 18.7. The van der Waals surface area contributed by atoms with Gasteiger partial charge in [0.15, 0.2) is 0 Å². The maximum atomic E-state index is 12.7. The van der Waals surface area contributed by atoms with E-state index in [-0.39, 0.29) is 11.9 Å². The Labute approximate surface area is 150 Å². The van der Waals surface area contributed by atoms with Crippen LogP contribution in [0.15, 0.2) is 24.3 Å². The van der Waals surface area contributed by atoms with Crippen molar-refractivity contribution < 1.29 is 9.53 Å². The highest BCUT2D eigenvalue weighted by atomic mass is 32.1. The number of nitrogens with one attached hydrogen (secondary N) is 1. The summed E-state index contributed by atoms with van der Waals surface area (Å²) in [6.07, 6.45) is 5.73. The largest absolute Gasteiger partial charge is 0.497 e. The highest BCUT2D eigenvalue weighted by Gasteiger charge is 2.21. The summed E-state index contributed by atoms with van der Waals surface area (Å²) in [6.45, 7) is 0. The van der Waals surface area contributed by atoms with Gasteiger partial charge in [-0.2, -0.15) is 0 Å². The van der Waals surface area contributed by atoms with Gasteiger partial charge in [-0.3, -0.25) is 4.79 Å². The molecule has 130 valence electrons. The van der Waals surface area contributed by atoms with Gasteiger partial charge in [-0.05, 0) is 37.1 Å². The van der Waals surface area contributed by atoms with Crippen LogP contribution >= 0.6 is 11.3 Å². The minimum absolute atomic E-state index is 0.0750. The molecular weight excluding hydrogens is 334 g/mol. The number of methoxy groups -OCH3 is 1. The molecule has 0 saturated heterocycles. The van der Waals surface area contributed by atoms with Gasteiger partial charge in [0.05, 0.1) is 18.3 Å². The van der Waals surface area contributed by atoms with Crippen LogP contribution in [0.25, 0.3) is 21.1 Å². The predicted molar refractivity (Wildman–Crippen MR) is 102 cm³/mol. The van der Waals surface area contributed by atoms with E-state index in [9.17, 15) is 4.79 Å². The van der Waals surface area contributed by atoms with Gasteiger partial charge in [0.1, 0.15) is 15.5 Å². The molecule has 0 atom stereocenters. The Morgan fingerprint density at radius 1 is 1.28 bits per heavy atom. The lowest BCUT2D eigenvalue weighted by atomic mass is 9.95. The Bertz CT molecular complexity index is 945. The van der Waals surface area contributed by atoms with Crippen LogP contribution in [0.1, 0.15) is 41.8 Å². The number of ether oxygens (including phenoxy) is 1.